The molecule has 33 heavy (non-hydrogen) atoms. The van der Waals surface area contributed by atoms with Crippen LogP contribution in [0.25, 0.3) is 0 Å². The number of hydrogen-bond donors (Lipinski definition) is 0. The van der Waals surface area contributed by atoms with Gasteiger partial charge in [0.05, 0.1) is 12.2 Å². The van der Waals surface area contributed by atoms with Crippen LogP contribution in [0.15, 0.2) is 36.5 Å². The Bertz CT molecular complexity index is 1170. The van der Waals surface area contributed by atoms with Crippen LogP contribution in [0.2, 0.25) is 0 Å². The van der Waals surface area contributed by atoms with Gasteiger partial charge >= 0.3 is 0 Å². The quantitative estimate of drug-likeness (QED) is 0.598. The molecule has 1 saturated heterocycles. The first kappa shape index (κ1) is 21.7. The van der Waals surface area contributed by atoms with Crippen LogP contribution in [0.5, 0.6) is 0 Å². The van der Waals surface area contributed by atoms with Crippen molar-refractivity contribution in [3.63, 3.8) is 0 Å². The molecule has 0 unspecified atom stereocenters. The van der Waals surface area contributed by atoms with Gasteiger partial charge in [-0.1, -0.05) is 18.2 Å². The normalized spacial score (nSPS) is 17.4. The molecule has 0 radical (unpaired) electrons. The van der Waals surface area contributed by atoms with Crippen molar-refractivity contribution in [3.05, 3.63) is 70.7 Å². The van der Waals surface area contributed by atoms with Crippen molar-refractivity contribution >= 4 is 11.7 Å². The Morgan fingerprint density at radius 2 is 1.85 bits per heavy atom. The highest BCUT2D eigenvalue weighted by Crippen LogP contribution is 2.33. The SMILES string of the molecule is Cc1nc(C2CCN(Cc3ccnn3C)CC2)nc2c1CCC(=O)N2Cc1ccccc1F. The molecule has 3 aromatic rings. The molecule has 1 aromatic carbocycles. The number of piperidine rings is 1. The highest BCUT2D eigenvalue weighted by Gasteiger charge is 2.31. The van der Waals surface area contributed by atoms with Crippen molar-refractivity contribution in [2.24, 2.45) is 7.05 Å². The zero-order valence-corrected chi connectivity index (χ0v) is 19.2. The summed E-state index contributed by atoms with van der Waals surface area (Å²) in [6.07, 6.45) is 4.81. The number of hydrogen-bond acceptors (Lipinski definition) is 5. The lowest BCUT2D eigenvalue weighted by Crippen LogP contribution is -2.37. The van der Waals surface area contributed by atoms with Crippen LogP contribution in [0.3, 0.4) is 0 Å². The van der Waals surface area contributed by atoms with Gasteiger partial charge in [-0.3, -0.25) is 19.3 Å². The second-order valence-electron chi connectivity index (χ2n) is 9.04. The number of anilines is 1. The Morgan fingerprint density at radius 3 is 2.58 bits per heavy atom. The van der Waals surface area contributed by atoms with E-state index in [1.165, 1.54) is 11.8 Å². The zero-order valence-electron chi connectivity index (χ0n) is 19.2. The second kappa shape index (κ2) is 9.02. The van der Waals surface area contributed by atoms with E-state index in [-0.39, 0.29) is 24.2 Å². The van der Waals surface area contributed by atoms with E-state index in [4.69, 9.17) is 9.97 Å². The third-order valence-corrected chi connectivity index (χ3v) is 6.90. The summed E-state index contributed by atoms with van der Waals surface area (Å²) in [6, 6.07) is 8.67. The van der Waals surface area contributed by atoms with E-state index < -0.39 is 0 Å². The number of benzene rings is 1. The zero-order chi connectivity index (χ0) is 22.9. The topological polar surface area (TPSA) is 67.2 Å². The largest absolute Gasteiger partial charge is 0.297 e. The van der Waals surface area contributed by atoms with Gasteiger partial charge in [-0.2, -0.15) is 5.10 Å². The maximum absolute atomic E-state index is 14.3. The third-order valence-electron chi connectivity index (χ3n) is 6.90. The first-order valence-corrected chi connectivity index (χ1v) is 11.6. The number of aromatic nitrogens is 4. The van der Waals surface area contributed by atoms with E-state index in [2.05, 4.69) is 16.1 Å². The number of likely N-dealkylation sites (tertiary alicyclic amines) is 1. The fourth-order valence-corrected chi connectivity index (χ4v) is 4.88. The van der Waals surface area contributed by atoms with Crippen LogP contribution in [0.1, 0.15) is 53.5 Å². The average molecular weight is 449 g/mol. The Morgan fingerprint density at radius 1 is 1.06 bits per heavy atom. The number of carbonyl (C=O) groups is 1. The monoisotopic (exact) mass is 448 g/mol. The van der Waals surface area contributed by atoms with Gasteiger partial charge in [0, 0.05) is 48.9 Å². The van der Waals surface area contributed by atoms with Crippen molar-refractivity contribution in [2.75, 3.05) is 18.0 Å². The highest BCUT2D eigenvalue weighted by molar-refractivity contribution is 5.95. The molecule has 0 saturated carbocycles. The van der Waals surface area contributed by atoms with E-state index in [1.54, 1.807) is 23.1 Å². The minimum atomic E-state index is -0.302. The molecule has 0 atom stereocenters. The number of aryl methyl sites for hydroxylation is 2. The number of halogens is 1. The second-order valence-corrected chi connectivity index (χ2v) is 9.04. The Hall–Kier alpha value is -3.13. The molecule has 0 N–H and O–H groups in total. The molecule has 7 nitrogen and oxygen atoms in total. The smallest absolute Gasteiger partial charge is 0.228 e. The minimum Gasteiger partial charge on any atom is -0.297 e. The molecule has 8 heteroatoms. The molecule has 4 heterocycles. The van der Waals surface area contributed by atoms with Crippen LogP contribution in [0, 0.1) is 12.7 Å². The fraction of sp³-hybridized carbons (Fsp3) is 0.440. The van der Waals surface area contributed by atoms with Crippen LogP contribution in [-0.2, 0) is 31.4 Å². The van der Waals surface area contributed by atoms with E-state index in [0.717, 1.165) is 49.6 Å². The molecule has 0 aliphatic carbocycles. The van der Waals surface area contributed by atoms with Gasteiger partial charge in [-0.25, -0.2) is 14.4 Å². The minimum absolute atomic E-state index is 0.0131. The average Bonchev–Trinajstić information content (AvgIpc) is 3.21. The summed E-state index contributed by atoms with van der Waals surface area (Å²) in [5, 5.41) is 4.26. The molecule has 5 rings (SSSR count). The summed E-state index contributed by atoms with van der Waals surface area (Å²) < 4.78 is 16.2. The van der Waals surface area contributed by atoms with Crippen molar-refractivity contribution in [1.29, 1.82) is 0 Å². The molecular formula is C25H29FN6O. The number of fused-ring (bicyclic) bond motifs is 1. The Kier molecular flexibility index (Phi) is 5.93. The lowest BCUT2D eigenvalue weighted by molar-refractivity contribution is -0.119. The summed E-state index contributed by atoms with van der Waals surface area (Å²) >= 11 is 0. The molecule has 1 fully saturated rings. The lowest BCUT2D eigenvalue weighted by atomic mass is 9.94. The summed E-state index contributed by atoms with van der Waals surface area (Å²) in [5.41, 5.74) is 3.64. The number of carbonyl (C=O) groups excluding carboxylic acids is 1. The molecule has 2 aliphatic heterocycles. The molecule has 1 amide bonds. The molecule has 172 valence electrons. The number of amides is 1. The van der Waals surface area contributed by atoms with Crippen LogP contribution in [0.4, 0.5) is 10.2 Å². The number of nitrogens with zero attached hydrogens (tertiary/aromatic N) is 6. The summed E-state index contributed by atoms with van der Waals surface area (Å²) in [6.45, 7) is 5.01. The van der Waals surface area contributed by atoms with Gasteiger partial charge in [-0.05, 0) is 51.4 Å². The van der Waals surface area contributed by atoms with Crippen LogP contribution < -0.4 is 4.90 Å². The lowest BCUT2D eigenvalue weighted by Gasteiger charge is -2.33. The van der Waals surface area contributed by atoms with Gasteiger partial charge < -0.3 is 0 Å². The van der Waals surface area contributed by atoms with Crippen molar-refractivity contribution in [1.82, 2.24) is 24.6 Å². The van der Waals surface area contributed by atoms with Crippen molar-refractivity contribution < 1.29 is 9.18 Å². The highest BCUT2D eigenvalue weighted by atomic mass is 19.1. The molecule has 2 aliphatic rings. The number of rotatable bonds is 5. The fourth-order valence-electron chi connectivity index (χ4n) is 4.88. The first-order chi connectivity index (χ1) is 16.0. The standard InChI is InChI=1S/C25H29FN6O/c1-17-21-7-8-23(33)32(15-19-5-3-4-6-22(19)26)25(21)29-24(28-17)18-10-13-31(14-11-18)16-20-9-12-27-30(20)2/h3-6,9,12,18H,7-8,10-11,13-16H2,1-2H3. The predicted molar refractivity (Wildman–Crippen MR) is 123 cm³/mol. The summed E-state index contributed by atoms with van der Waals surface area (Å²) in [5.74, 6) is 1.41. The van der Waals surface area contributed by atoms with Gasteiger partial charge in [0.1, 0.15) is 17.5 Å². The Labute approximate surface area is 193 Å². The maximum Gasteiger partial charge on any atom is 0.228 e. The van der Waals surface area contributed by atoms with Crippen molar-refractivity contribution in [3.8, 4) is 0 Å². The third kappa shape index (κ3) is 4.39. The molecule has 0 bridgehead atoms. The van der Waals surface area contributed by atoms with E-state index in [0.29, 0.717) is 24.2 Å². The van der Waals surface area contributed by atoms with Crippen LogP contribution >= 0.6 is 0 Å². The van der Waals surface area contributed by atoms with E-state index in [1.807, 2.05) is 24.9 Å². The molecule has 2 aromatic heterocycles. The first-order valence-electron chi connectivity index (χ1n) is 11.6. The predicted octanol–water partition coefficient (Wildman–Crippen LogP) is 3.52. The van der Waals surface area contributed by atoms with Crippen molar-refractivity contribution in [2.45, 2.75) is 51.6 Å². The van der Waals surface area contributed by atoms with Gasteiger partial charge in [0.2, 0.25) is 5.91 Å². The molecular weight excluding hydrogens is 419 g/mol. The van der Waals surface area contributed by atoms with Gasteiger partial charge in [0.25, 0.3) is 0 Å². The van der Waals surface area contributed by atoms with E-state index >= 15 is 0 Å². The van der Waals surface area contributed by atoms with E-state index in [9.17, 15) is 9.18 Å². The van der Waals surface area contributed by atoms with Crippen LogP contribution in [-0.4, -0.2) is 43.6 Å². The molecule has 0 spiro atoms. The Balaban J connectivity index is 1.36. The van der Waals surface area contributed by atoms with Gasteiger partial charge in [0.15, 0.2) is 0 Å². The maximum atomic E-state index is 14.3. The summed E-state index contributed by atoms with van der Waals surface area (Å²) in [4.78, 5) is 26.7. The van der Waals surface area contributed by atoms with Gasteiger partial charge in [-0.15, -0.1) is 0 Å². The summed E-state index contributed by atoms with van der Waals surface area (Å²) in [7, 11) is 1.97.